The van der Waals surface area contributed by atoms with Gasteiger partial charge >= 0.3 is 11.9 Å². The average Bonchev–Trinajstić information content (AvgIpc) is 3.08. The summed E-state index contributed by atoms with van der Waals surface area (Å²) in [7, 11) is 0. The predicted molar refractivity (Wildman–Crippen MR) is 119 cm³/mol. The summed E-state index contributed by atoms with van der Waals surface area (Å²) >= 11 is 12.5. The maximum absolute atomic E-state index is 12.7. The third kappa shape index (κ3) is 5.01. The van der Waals surface area contributed by atoms with E-state index in [-0.39, 0.29) is 12.3 Å². The number of rotatable bonds is 5. The molecule has 0 saturated heterocycles. The standard InChI is InChI=1S/C22H23Cl2N3O4/c1-5-30-20(28)17-10-26-18-9-14(19(25)21(29)31-22(2,3)4)15(11-27(17)18)13-7-6-12(23)8-16(13)24/h6-11,19H,5,25H2,1-4H3. The van der Waals surface area contributed by atoms with Crippen LogP contribution in [0.5, 0.6) is 0 Å². The van der Waals surface area contributed by atoms with E-state index < -0.39 is 23.6 Å². The van der Waals surface area contributed by atoms with E-state index in [0.29, 0.717) is 32.4 Å². The second-order valence-electron chi connectivity index (χ2n) is 7.87. The maximum atomic E-state index is 12.7. The van der Waals surface area contributed by atoms with Gasteiger partial charge in [0.25, 0.3) is 0 Å². The van der Waals surface area contributed by atoms with Gasteiger partial charge in [-0.15, -0.1) is 0 Å². The lowest BCUT2D eigenvalue weighted by Gasteiger charge is -2.23. The number of nitrogens with two attached hydrogens (primary N) is 1. The first-order chi connectivity index (χ1) is 14.5. The lowest BCUT2D eigenvalue weighted by Crippen LogP contribution is -2.32. The van der Waals surface area contributed by atoms with Crippen molar-refractivity contribution >= 4 is 40.8 Å². The van der Waals surface area contributed by atoms with E-state index in [1.54, 1.807) is 62.6 Å². The van der Waals surface area contributed by atoms with Crippen molar-refractivity contribution in [2.45, 2.75) is 39.3 Å². The molecule has 0 aliphatic heterocycles. The first-order valence-electron chi connectivity index (χ1n) is 9.64. The van der Waals surface area contributed by atoms with Crippen molar-refractivity contribution in [2.75, 3.05) is 6.61 Å². The van der Waals surface area contributed by atoms with Gasteiger partial charge in [0.15, 0.2) is 5.69 Å². The van der Waals surface area contributed by atoms with Gasteiger partial charge < -0.3 is 15.2 Å². The van der Waals surface area contributed by atoms with Gasteiger partial charge in [-0.05, 0) is 51.5 Å². The summed E-state index contributed by atoms with van der Waals surface area (Å²) in [6.07, 6.45) is 3.06. The number of esters is 2. The molecule has 0 aliphatic carbocycles. The molecule has 0 radical (unpaired) electrons. The highest BCUT2D eigenvalue weighted by Gasteiger charge is 2.28. The third-order valence-electron chi connectivity index (χ3n) is 4.38. The lowest BCUT2D eigenvalue weighted by molar-refractivity contribution is -0.156. The Kier molecular flexibility index (Phi) is 6.59. The van der Waals surface area contributed by atoms with Gasteiger partial charge in [0, 0.05) is 27.4 Å². The van der Waals surface area contributed by atoms with Crippen LogP contribution < -0.4 is 5.73 Å². The Morgan fingerprint density at radius 2 is 1.90 bits per heavy atom. The van der Waals surface area contributed by atoms with Crippen LogP contribution in [-0.4, -0.2) is 33.5 Å². The van der Waals surface area contributed by atoms with Crippen LogP contribution in [0.4, 0.5) is 0 Å². The van der Waals surface area contributed by atoms with E-state index in [1.165, 1.54) is 6.20 Å². The van der Waals surface area contributed by atoms with Crippen LogP contribution in [0.3, 0.4) is 0 Å². The molecule has 0 bridgehead atoms. The van der Waals surface area contributed by atoms with Gasteiger partial charge in [-0.3, -0.25) is 4.40 Å². The first-order valence-corrected chi connectivity index (χ1v) is 10.4. The summed E-state index contributed by atoms with van der Waals surface area (Å²) in [6, 6.07) is 5.52. The minimum Gasteiger partial charge on any atom is -0.461 e. The molecule has 1 atom stereocenters. The molecule has 7 nitrogen and oxygen atoms in total. The quantitative estimate of drug-likeness (QED) is 0.544. The van der Waals surface area contributed by atoms with Crippen molar-refractivity contribution in [3.63, 3.8) is 0 Å². The lowest BCUT2D eigenvalue weighted by atomic mass is 9.96. The van der Waals surface area contributed by atoms with Crippen LogP contribution in [-0.2, 0) is 14.3 Å². The minimum atomic E-state index is -1.10. The smallest absolute Gasteiger partial charge is 0.356 e. The molecule has 3 rings (SSSR count). The fraction of sp³-hybridized carbons (Fsp3) is 0.318. The highest BCUT2D eigenvalue weighted by molar-refractivity contribution is 6.36. The Balaban J connectivity index is 2.22. The normalized spacial score (nSPS) is 12.6. The summed E-state index contributed by atoms with van der Waals surface area (Å²) in [5, 5.41) is 0.824. The Labute approximate surface area is 190 Å². The summed E-state index contributed by atoms with van der Waals surface area (Å²) in [5.74, 6) is -1.12. The van der Waals surface area contributed by atoms with Crippen molar-refractivity contribution in [3.05, 3.63) is 58.0 Å². The fourth-order valence-corrected chi connectivity index (χ4v) is 3.59. The van der Waals surface area contributed by atoms with E-state index in [2.05, 4.69) is 4.98 Å². The number of hydrogen-bond donors (Lipinski definition) is 1. The Morgan fingerprint density at radius 3 is 2.52 bits per heavy atom. The van der Waals surface area contributed by atoms with E-state index in [0.717, 1.165) is 0 Å². The highest BCUT2D eigenvalue weighted by atomic mass is 35.5. The number of carbonyl (C=O) groups excluding carboxylic acids is 2. The molecular weight excluding hydrogens is 441 g/mol. The minimum absolute atomic E-state index is 0.226. The van der Waals surface area contributed by atoms with Gasteiger partial charge in [-0.1, -0.05) is 29.3 Å². The predicted octanol–water partition coefficient (Wildman–Crippen LogP) is 4.83. The molecule has 0 aliphatic rings. The van der Waals surface area contributed by atoms with Crippen molar-refractivity contribution in [1.29, 1.82) is 0 Å². The Bertz CT molecular complexity index is 1150. The zero-order chi connectivity index (χ0) is 22.9. The first kappa shape index (κ1) is 23.1. The van der Waals surface area contributed by atoms with Gasteiger partial charge in [0.1, 0.15) is 17.3 Å². The van der Waals surface area contributed by atoms with Crippen LogP contribution in [0.2, 0.25) is 10.0 Å². The molecule has 164 valence electrons. The summed E-state index contributed by atoms with van der Waals surface area (Å²) in [5.41, 5.74) is 7.83. The van der Waals surface area contributed by atoms with Crippen molar-refractivity contribution in [1.82, 2.24) is 9.38 Å². The molecule has 2 N–H and O–H groups in total. The van der Waals surface area contributed by atoms with Crippen molar-refractivity contribution in [3.8, 4) is 11.1 Å². The van der Waals surface area contributed by atoms with E-state index in [9.17, 15) is 9.59 Å². The number of hydrogen-bond acceptors (Lipinski definition) is 6. The number of aromatic nitrogens is 2. The van der Waals surface area contributed by atoms with Gasteiger partial charge in [0.05, 0.1) is 12.8 Å². The molecule has 0 fully saturated rings. The van der Waals surface area contributed by atoms with E-state index >= 15 is 0 Å². The van der Waals surface area contributed by atoms with Gasteiger partial charge in [0.2, 0.25) is 0 Å². The number of ether oxygens (including phenoxy) is 2. The van der Waals surface area contributed by atoms with Crippen LogP contribution >= 0.6 is 23.2 Å². The molecule has 2 heterocycles. The van der Waals surface area contributed by atoms with Crippen LogP contribution in [0.15, 0.2) is 36.7 Å². The number of fused-ring (bicyclic) bond motifs is 1. The third-order valence-corrected chi connectivity index (χ3v) is 4.93. The largest absolute Gasteiger partial charge is 0.461 e. The van der Waals surface area contributed by atoms with Crippen LogP contribution in [0.25, 0.3) is 16.8 Å². The number of carbonyl (C=O) groups is 2. The second kappa shape index (κ2) is 8.86. The van der Waals surface area contributed by atoms with Crippen molar-refractivity contribution in [2.24, 2.45) is 5.73 Å². The molecule has 1 unspecified atom stereocenters. The zero-order valence-corrected chi connectivity index (χ0v) is 19.1. The maximum Gasteiger partial charge on any atom is 0.356 e. The van der Waals surface area contributed by atoms with Gasteiger partial charge in [-0.2, -0.15) is 0 Å². The van der Waals surface area contributed by atoms with Crippen LogP contribution in [0, 0.1) is 0 Å². The number of benzene rings is 1. The molecule has 0 amide bonds. The monoisotopic (exact) mass is 463 g/mol. The molecule has 0 spiro atoms. The summed E-state index contributed by atoms with van der Waals surface area (Å²) in [4.78, 5) is 29.3. The summed E-state index contributed by atoms with van der Waals surface area (Å²) in [6.45, 7) is 7.23. The van der Waals surface area contributed by atoms with Gasteiger partial charge in [-0.25, -0.2) is 14.6 Å². The van der Waals surface area contributed by atoms with E-state index in [1.807, 2.05) is 0 Å². The molecule has 3 aromatic rings. The number of halogens is 2. The molecule has 1 aromatic carbocycles. The fourth-order valence-electron chi connectivity index (χ4n) is 3.08. The van der Waals surface area contributed by atoms with Crippen LogP contribution in [0.1, 0.15) is 49.8 Å². The zero-order valence-electron chi connectivity index (χ0n) is 17.6. The molecule has 9 heteroatoms. The highest BCUT2D eigenvalue weighted by Crippen LogP contribution is 2.36. The number of nitrogens with zero attached hydrogens (tertiary/aromatic N) is 2. The average molecular weight is 464 g/mol. The topological polar surface area (TPSA) is 95.9 Å². The van der Waals surface area contributed by atoms with E-state index in [4.69, 9.17) is 38.4 Å². The Morgan fingerprint density at radius 1 is 1.19 bits per heavy atom. The molecule has 31 heavy (non-hydrogen) atoms. The SMILES string of the molecule is CCOC(=O)c1cnc2cc(C(N)C(=O)OC(C)(C)C)c(-c3ccc(Cl)cc3Cl)cn12. The Hall–Kier alpha value is -2.61. The van der Waals surface area contributed by atoms with Crippen molar-refractivity contribution < 1.29 is 19.1 Å². The summed E-state index contributed by atoms with van der Waals surface area (Å²) < 4.78 is 12.1. The molecule has 2 aromatic heterocycles. The number of pyridine rings is 1. The molecule has 0 saturated carbocycles. The second-order valence-corrected chi connectivity index (χ2v) is 8.71. The number of imidazole rings is 1. The molecular formula is C22H23Cl2N3O4.